The Kier molecular flexibility index (Phi) is 3.17. The van der Waals surface area contributed by atoms with E-state index < -0.39 is 17.3 Å². The number of ketones is 2. The zero-order valence-corrected chi connectivity index (χ0v) is 11.1. The van der Waals surface area contributed by atoms with E-state index in [9.17, 15) is 9.59 Å². The molecule has 1 saturated carbocycles. The average molecular weight is 254 g/mol. The van der Waals surface area contributed by atoms with Crippen molar-refractivity contribution in [2.45, 2.75) is 24.7 Å². The van der Waals surface area contributed by atoms with E-state index in [2.05, 4.69) is 0 Å². The van der Waals surface area contributed by atoms with Gasteiger partial charge in [-0.25, -0.2) is 0 Å². The van der Waals surface area contributed by atoms with Crippen LogP contribution >= 0.6 is 0 Å². The van der Waals surface area contributed by atoms with Gasteiger partial charge in [-0.05, 0) is 13.3 Å². The second-order valence-electron chi connectivity index (χ2n) is 4.79. The highest BCUT2D eigenvalue weighted by Crippen LogP contribution is 2.50. The summed E-state index contributed by atoms with van der Waals surface area (Å²) in [4.78, 5) is 24.2. The lowest BCUT2D eigenvalue weighted by molar-refractivity contribution is -0.292. The lowest BCUT2D eigenvalue weighted by atomic mass is 9.61. The monoisotopic (exact) mass is 254 g/mol. The summed E-state index contributed by atoms with van der Waals surface area (Å²) < 4.78 is 16.2. The largest absolute Gasteiger partial charge is 0.368 e. The summed E-state index contributed by atoms with van der Waals surface area (Å²) in [5, 5.41) is 0. The quantitative estimate of drug-likeness (QED) is 0.546. The molecule has 5 heteroatoms. The van der Waals surface area contributed by atoms with Gasteiger partial charge >= 0.3 is 0 Å². The number of hydrogen-bond donors (Lipinski definition) is 0. The number of carbonyl (C=O) groups is 2. The smallest absolute Gasteiger partial charge is 0.262 e. The second-order valence-corrected chi connectivity index (χ2v) is 4.79. The molecule has 0 N–H and O–H groups in total. The molecule has 0 radical (unpaired) electrons. The molecule has 0 spiro atoms. The van der Waals surface area contributed by atoms with Gasteiger partial charge in [0.05, 0.1) is 5.92 Å². The highest BCUT2D eigenvalue weighted by molar-refractivity contribution is 5.98. The Bertz CT molecular complexity index is 410. The molecule has 0 saturated heterocycles. The molecule has 0 aromatic rings. The molecular formula is C13H18O5. The van der Waals surface area contributed by atoms with Crippen LogP contribution in [0, 0.1) is 11.8 Å². The minimum Gasteiger partial charge on any atom is -0.368 e. The van der Waals surface area contributed by atoms with Crippen molar-refractivity contribution < 1.29 is 23.8 Å². The predicted octanol–water partition coefficient (Wildman–Crippen LogP) is 0.725. The van der Waals surface area contributed by atoms with Gasteiger partial charge in [-0.2, -0.15) is 0 Å². The molecule has 3 aliphatic rings. The van der Waals surface area contributed by atoms with Crippen molar-refractivity contribution in [1.82, 2.24) is 0 Å². The third kappa shape index (κ3) is 1.38. The number of hydrogen-bond acceptors (Lipinski definition) is 5. The highest BCUT2D eigenvalue weighted by atomic mass is 16.7. The van der Waals surface area contributed by atoms with Crippen LogP contribution in [-0.4, -0.2) is 44.3 Å². The van der Waals surface area contributed by atoms with Gasteiger partial charge in [0.1, 0.15) is 11.4 Å². The molecule has 3 aliphatic carbocycles. The Morgan fingerprint density at radius 2 is 1.89 bits per heavy atom. The maximum absolute atomic E-state index is 12.5. The zero-order chi connectivity index (χ0) is 13.6. The molecule has 5 nitrogen and oxygen atoms in total. The first kappa shape index (κ1) is 13.4. The zero-order valence-electron chi connectivity index (χ0n) is 11.1. The summed E-state index contributed by atoms with van der Waals surface area (Å²) in [5.74, 6) is -2.56. The number of carbonyl (C=O) groups excluding carboxylic acids is 2. The number of ether oxygens (including phenoxy) is 3. The van der Waals surface area contributed by atoms with Gasteiger partial charge in [0.2, 0.25) is 5.78 Å². The summed E-state index contributed by atoms with van der Waals surface area (Å²) in [6.45, 7) is 1.50. The summed E-state index contributed by atoms with van der Waals surface area (Å²) in [6.07, 6.45) is 3.91. The van der Waals surface area contributed by atoms with Gasteiger partial charge in [-0.3, -0.25) is 9.59 Å². The van der Waals surface area contributed by atoms with E-state index in [-0.39, 0.29) is 17.5 Å². The van der Waals surface area contributed by atoms with Gasteiger partial charge in [-0.1, -0.05) is 12.2 Å². The van der Waals surface area contributed by atoms with E-state index in [0.717, 1.165) is 0 Å². The Balaban J connectivity index is 2.55. The lowest BCUT2D eigenvalue weighted by Gasteiger charge is -2.54. The van der Waals surface area contributed by atoms with Crippen LogP contribution in [0.1, 0.15) is 13.3 Å². The second kappa shape index (κ2) is 4.26. The number of Topliss-reactive ketones (excluding diaryl/α,β-unsaturated/α-hetero) is 2. The molecule has 1 fully saturated rings. The molecule has 0 aliphatic heterocycles. The number of allylic oxidation sites excluding steroid dienone is 1. The Morgan fingerprint density at radius 3 is 2.33 bits per heavy atom. The molecule has 100 valence electrons. The van der Waals surface area contributed by atoms with E-state index in [4.69, 9.17) is 14.2 Å². The maximum Gasteiger partial charge on any atom is 0.262 e. The van der Waals surface area contributed by atoms with Gasteiger partial charge in [0.25, 0.3) is 5.79 Å². The van der Waals surface area contributed by atoms with E-state index >= 15 is 0 Å². The number of fused-ring (bicyclic) bond motifs is 2. The van der Waals surface area contributed by atoms with E-state index in [1.54, 1.807) is 12.2 Å². The van der Waals surface area contributed by atoms with Crippen molar-refractivity contribution in [1.29, 1.82) is 0 Å². The molecule has 0 aromatic heterocycles. The lowest BCUT2D eigenvalue weighted by Crippen LogP contribution is -2.70. The van der Waals surface area contributed by atoms with Crippen LogP contribution in [0.3, 0.4) is 0 Å². The maximum atomic E-state index is 12.5. The first-order chi connectivity index (χ1) is 8.48. The van der Waals surface area contributed by atoms with Gasteiger partial charge in [-0.15, -0.1) is 0 Å². The molecule has 0 aromatic carbocycles. The molecule has 3 rings (SSSR count). The Labute approximate surface area is 106 Å². The normalized spacial score (nSPS) is 37.0. The fourth-order valence-corrected chi connectivity index (χ4v) is 3.17. The third-order valence-electron chi connectivity index (χ3n) is 4.18. The summed E-state index contributed by atoms with van der Waals surface area (Å²) in [6, 6.07) is 0. The highest BCUT2D eigenvalue weighted by Gasteiger charge is 2.67. The van der Waals surface area contributed by atoms with E-state index in [1.165, 1.54) is 28.3 Å². The van der Waals surface area contributed by atoms with Gasteiger partial charge < -0.3 is 14.2 Å². The van der Waals surface area contributed by atoms with Crippen molar-refractivity contribution in [3.63, 3.8) is 0 Å². The van der Waals surface area contributed by atoms with Crippen LogP contribution in [-0.2, 0) is 23.8 Å². The number of rotatable bonds is 4. The minimum absolute atomic E-state index is 0.0140. The Morgan fingerprint density at radius 1 is 1.28 bits per heavy atom. The predicted molar refractivity (Wildman–Crippen MR) is 62.9 cm³/mol. The van der Waals surface area contributed by atoms with Crippen LogP contribution in [0.15, 0.2) is 12.2 Å². The number of methoxy groups -OCH3 is 3. The van der Waals surface area contributed by atoms with E-state index in [1.807, 2.05) is 0 Å². The van der Waals surface area contributed by atoms with Crippen molar-refractivity contribution in [2.75, 3.05) is 21.3 Å². The van der Waals surface area contributed by atoms with Crippen LogP contribution < -0.4 is 0 Å². The summed E-state index contributed by atoms with van der Waals surface area (Å²) >= 11 is 0. The molecule has 2 bridgehead atoms. The SMILES string of the molecule is COC1(OC)C(=O)[C@H]2C=C[C@]1(OC)C[C@@H]2C(C)=O. The average Bonchev–Trinajstić information content (AvgIpc) is 2.39. The van der Waals surface area contributed by atoms with Crippen LogP contribution in [0.5, 0.6) is 0 Å². The topological polar surface area (TPSA) is 61.8 Å². The van der Waals surface area contributed by atoms with Crippen LogP contribution in [0.4, 0.5) is 0 Å². The third-order valence-corrected chi connectivity index (χ3v) is 4.18. The fourth-order valence-electron chi connectivity index (χ4n) is 3.17. The van der Waals surface area contributed by atoms with Crippen molar-refractivity contribution >= 4 is 11.6 Å². The van der Waals surface area contributed by atoms with Crippen LogP contribution in [0.25, 0.3) is 0 Å². The standard InChI is InChI=1S/C13H18O5/c1-8(14)10-7-12(16-2)6-5-9(10)11(15)13(12,17-3)18-4/h5-6,9-10H,7H2,1-4H3/t9-,10+,12-/m0/s1. The van der Waals surface area contributed by atoms with Crippen molar-refractivity contribution in [3.8, 4) is 0 Å². The molecule has 0 amide bonds. The van der Waals surface area contributed by atoms with Gasteiger partial charge in [0, 0.05) is 27.2 Å². The summed E-state index contributed by atoms with van der Waals surface area (Å²) in [7, 11) is 4.33. The Hall–Kier alpha value is -1.04. The van der Waals surface area contributed by atoms with Gasteiger partial charge in [0.15, 0.2) is 0 Å². The minimum atomic E-state index is -1.45. The summed E-state index contributed by atoms with van der Waals surface area (Å²) in [5.41, 5.74) is -1.03. The molecular weight excluding hydrogens is 236 g/mol. The van der Waals surface area contributed by atoms with Crippen molar-refractivity contribution in [2.24, 2.45) is 11.8 Å². The first-order valence-corrected chi connectivity index (χ1v) is 5.87. The molecule has 3 atom stereocenters. The van der Waals surface area contributed by atoms with Crippen molar-refractivity contribution in [3.05, 3.63) is 12.2 Å². The first-order valence-electron chi connectivity index (χ1n) is 5.87. The van der Waals surface area contributed by atoms with Crippen LogP contribution in [0.2, 0.25) is 0 Å². The fraction of sp³-hybridized carbons (Fsp3) is 0.692. The molecule has 18 heavy (non-hydrogen) atoms. The van der Waals surface area contributed by atoms with E-state index in [0.29, 0.717) is 6.42 Å². The molecule has 0 heterocycles. The molecule has 0 unspecified atom stereocenters.